The molecule has 0 aromatic carbocycles. The first-order valence-electron chi connectivity index (χ1n) is 3.79. The minimum absolute atomic E-state index is 0.151. The number of Topliss-reactive ketones (excluding diaryl/α,β-unsaturated/α-hetero) is 1. The summed E-state index contributed by atoms with van der Waals surface area (Å²) >= 11 is 0. The van der Waals surface area contributed by atoms with Crippen LogP contribution in [0.4, 0.5) is 0 Å². The molecule has 4 nitrogen and oxygen atoms in total. The zero-order valence-corrected chi connectivity index (χ0v) is 6.96. The lowest BCUT2D eigenvalue weighted by Crippen LogP contribution is -1.86. The summed E-state index contributed by atoms with van der Waals surface area (Å²) in [6.45, 7) is 1.41. The van der Waals surface area contributed by atoms with E-state index in [-0.39, 0.29) is 11.5 Å². The molecule has 2 heterocycles. The van der Waals surface area contributed by atoms with Crippen LogP contribution in [0.2, 0.25) is 0 Å². The molecule has 1 N–H and O–H groups in total. The molecule has 0 aliphatic heterocycles. The van der Waals surface area contributed by atoms with E-state index in [0.29, 0.717) is 16.7 Å². The molecule has 0 aliphatic carbocycles. The van der Waals surface area contributed by atoms with E-state index in [1.807, 2.05) is 0 Å². The van der Waals surface area contributed by atoms with Crippen LogP contribution in [0.5, 0.6) is 0 Å². The van der Waals surface area contributed by atoms with Crippen molar-refractivity contribution in [2.75, 3.05) is 0 Å². The lowest BCUT2D eigenvalue weighted by Gasteiger charge is -1.82. The maximum Gasteiger partial charge on any atom is 0.205 e. The zero-order valence-electron chi connectivity index (χ0n) is 6.96. The number of H-pyrrole nitrogens is 1. The van der Waals surface area contributed by atoms with Crippen LogP contribution in [-0.2, 0) is 0 Å². The predicted molar refractivity (Wildman–Crippen MR) is 46.0 cm³/mol. The maximum atomic E-state index is 10.9. The minimum Gasteiger partial charge on any atom is -0.437 e. The van der Waals surface area contributed by atoms with Crippen LogP contribution < -0.4 is 0 Å². The van der Waals surface area contributed by atoms with Crippen molar-refractivity contribution < 1.29 is 14.0 Å². The van der Waals surface area contributed by atoms with Crippen LogP contribution in [-0.4, -0.2) is 17.1 Å². The fraction of sp³-hybridized carbons (Fsp3) is 0.111. The molecule has 13 heavy (non-hydrogen) atoms. The van der Waals surface area contributed by atoms with Crippen molar-refractivity contribution in [1.82, 2.24) is 4.98 Å². The second-order valence-electron chi connectivity index (χ2n) is 2.77. The van der Waals surface area contributed by atoms with Crippen molar-refractivity contribution in [3.8, 4) is 0 Å². The van der Waals surface area contributed by atoms with Gasteiger partial charge in [-0.15, -0.1) is 0 Å². The monoisotopic (exact) mass is 177 g/mol. The fourth-order valence-corrected chi connectivity index (χ4v) is 1.20. The fourth-order valence-electron chi connectivity index (χ4n) is 1.20. The van der Waals surface area contributed by atoms with E-state index in [4.69, 9.17) is 4.42 Å². The molecule has 2 aromatic rings. The second-order valence-corrected chi connectivity index (χ2v) is 2.77. The highest BCUT2D eigenvalue weighted by Gasteiger charge is 2.11. The van der Waals surface area contributed by atoms with Gasteiger partial charge in [-0.25, -0.2) is 0 Å². The van der Waals surface area contributed by atoms with Crippen LogP contribution in [0, 0.1) is 0 Å². The van der Waals surface area contributed by atoms with Gasteiger partial charge in [-0.1, -0.05) is 0 Å². The molecule has 0 saturated heterocycles. The third-order valence-corrected chi connectivity index (χ3v) is 1.88. The zero-order chi connectivity index (χ0) is 9.42. The van der Waals surface area contributed by atoms with Crippen LogP contribution in [0.3, 0.4) is 0 Å². The number of fused-ring (bicyclic) bond motifs is 1. The molecule has 0 atom stereocenters. The summed E-state index contributed by atoms with van der Waals surface area (Å²) in [4.78, 5) is 24.2. The van der Waals surface area contributed by atoms with E-state index in [9.17, 15) is 9.59 Å². The van der Waals surface area contributed by atoms with Gasteiger partial charge in [-0.05, 0) is 6.07 Å². The highest BCUT2D eigenvalue weighted by molar-refractivity contribution is 6.00. The Morgan fingerprint density at radius 2 is 2.38 bits per heavy atom. The van der Waals surface area contributed by atoms with Gasteiger partial charge < -0.3 is 9.40 Å². The smallest absolute Gasteiger partial charge is 0.205 e. The van der Waals surface area contributed by atoms with Gasteiger partial charge in [0.25, 0.3) is 0 Å². The van der Waals surface area contributed by atoms with Gasteiger partial charge in [-0.3, -0.25) is 9.59 Å². The molecule has 4 heteroatoms. The molecular formula is C9H7NO3. The quantitative estimate of drug-likeness (QED) is 0.561. The van der Waals surface area contributed by atoms with Gasteiger partial charge in [0.1, 0.15) is 0 Å². The van der Waals surface area contributed by atoms with Crippen molar-refractivity contribution in [3.63, 3.8) is 0 Å². The molecule has 2 rings (SSSR count). The summed E-state index contributed by atoms with van der Waals surface area (Å²) in [6, 6.07) is 1.57. The van der Waals surface area contributed by atoms with Gasteiger partial charge in [0.2, 0.25) is 5.71 Å². The number of carbonyl (C=O) groups excluding carboxylic acids is 2. The van der Waals surface area contributed by atoms with Gasteiger partial charge >= 0.3 is 0 Å². The van der Waals surface area contributed by atoms with Crippen molar-refractivity contribution in [3.05, 3.63) is 23.6 Å². The van der Waals surface area contributed by atoms with Crippen LogP contribution in [0.25, 0.3) is 11.1 Å². The van der Waals surface area contributed by atoms with E-state index in [0.717, 1.165) is 6.29 Å². The van der Waals surface area contributed by atoms with Gasteiger partial charge in [0.15, 0.2) is 17.8 Å². The number of rotatable bonds is 2. The molecule has 0 amide bonds. The van der Waals surface area contributed by atoms with Crippen molar-refractivity contribution in [1.29, 1.82) is 0 Å². The first kappa shape index (κ1) is 7.79. The molecule has 0 aliphatic rings. The Balaban J connectivity index is 2.69. The number of aromatic amines is 1. The Bertz CT molecular complexity index is 478. The van der Waals surface area contributed by atoms with Crippen LogP contribution in [0.15, 0.2) is 16.7 Å². The Morgan fingerprint density at radius 1 is 1.62 bits per heavy atom. The number of carbonyl (C=O) groups is 2. The SMILES string of the molecule is CC(=O)c1cc2c(C=O)c[nH]c2o1. The average molecular weight is 177 g/mol. The molecule has 0 bridgehead atoms. The Kier molecular flexibility index (Phi) is 1.55. The van der Waals surface area contributed by atoms with Gasteiger partial charge in [0, 0.05) is 18.7 Å². The van der Waals surface area contributed by atoms with Crippen molar-refractivity contribution in [2.24, 2.45) is 0 Å². The Hall–Kier alpha value is -1.84. The van der Waals surface area contributed by atoms with E-state index in [1.54, 1.807) is 12.3 Å². The molecular weight excluding hydrogens is 170 g/mol. The van der Waals surface area contributed by atoms with E-state index in [2.05, 4.69) is 4.98 Å². The van der Waals surface area contributed by atoms with Crippen LogP contribution >= 0.6 is 0 Å². The number of ketones is 1. The Labute approximate surface area is 73.5 Å². The largest absolute Gasteiger partial charge is 0.437 e. The Morgan fingerprint density at radius 3 is 3.00 bits per heavy atom. The number of hydrogen-bond donors (Lipinski definition) is 1. The van der Waals surface area contributed by atoms with E-state index < -0.39 is 0 Å². The molecule has 0 saturated carbocycles. The average Bonchev–Trinajstić information content (AvgIpc) is 2.60. The standard InChI is InChI=1S/C9H7NO3/c1-5(12)8-2-7-6(4-11)3-10-9(7)13-8/h2-4,10H,1H3. The molecule has 0 unspecified atom stereocenters. The molecule has 0 fully saturated rings. The van der Waals surface area contributed by atoms with E-state index >= 15 is 0 Å². The predicted octanol–water partition coefficient (Wildman–Crippen LogP) is 1.78. The lowest BCUT2D eigenvalue weighted by atomic mass is 10.2. The number of aldehydes is 1. The second kappa shape index (κ2) is 2.58. The summed E-state index contributed by atoms with van der Waals surface area (Å²) in [5.74, 6) is 0.117. The summed E-state index contributed by atoms with van der Waals surface area (Å²) in [5.41, 5.74) is 0.971. The lowest BCUT2D eigenvalue weighted by molar-refractivity contribution is 0.0988. The normalized spacial score (nSPS) is 10.5. The molecule has 0 radical (unpaired) electrons. The summed E-state index contributed by atoms with van der Waals surface area (Å²) < 4.78 is 5.15. The first-order chi connectivity index (χ1) is 6.22. The third-order valence-electron chi connectivity index (χ3n) is 1.88. The molecule has 0 spiro atoms. The van der Waals surface area contributed by atoms with Crippen molar-refractivity contribution in [2.45, 2.75) is 6.92 Å². The van der Waals surface area contributed by atoms with Gasteiger partial charge in [-0.2, -0.15) is 0 Å². The number of furan rings is 1. The first-order valence-corrected chi connectivity index (χ1v) is 3.79. The summed E-state index contributed by atoms with van der Waals surface area (Å²) in [6.07, 6.45) is 2.27. The number of hydrogen-bond acceptors (Lipinski definition) is 3. The highest BCUT2D eigenvalue weighted by atomic mass is 16.4. The van der Waals surface area contributed by atoms with Crippen molar-refractivity contribution >= 4 is 23.2 Å². The summed E-state index contributed by atoms with van der Waals surface area (Å²) in [5, 5.41) is 0.653. The number of nitrogens with one attached hydrogen (secondary N) is 1. The topological polar surface area (TPSA) is 63.1 Å². The van der Waals surface area contributed by atoms with Crippen LogP contribution in [0.1, 0.15) is 27.8 Å². The molecule has 2 aromatic heterocycles. The minimum atomic E-state index is -0.151. The third kappa shape index (κ3) is 1.07. The highest BCUT2D eigenvalue weighted by Crippen LogP contribution is 2.21. The number of aromatic nitrogens is 1. The molecule has 66 valence electrons. The van der Waals surface area contributed by atoms with E-state index in [1.165, 1.54) is 6.92 Å². The maximum absolute atomic E-state index is 10.9. The summed E-state index contributed by atoms with van der Waals surface area (Å²) in [7, 11) is 0. The van der Waals surface area contributed by atoms with Gasteiger partial charge in [0.05, 0.1) is 5.39 Å².